The zero-order valence-corrected chi connectivity index (χ0v) is 10.7. The van der Waals surface area contributed by atoms with E-state index in [4.69, 9.17) is 5.73 Å². The van der Waals surface area contributed by atoms with Crippen LogP contribution in [0.3, 0.4) is 0 Å². The van der Waals surface area contributed by atoms with E-state index in [1.165, 1.54) is 10.6 Å². The van der Waals surface area contributed by atoms with Crippen LogP contribution in [-0.4, -0.2) is 15.7 Å². The molecule has 0 atom stereocenters. The molecule has 5 nitrogen and oxygen atoms in total. The highest BCUT2D eigenvalue weighted by Gasteiger charge is 2.04. The first kappa shape index (κ1) is 13.3. The van der Waals surface area contributed by atoms with Crippen molar-refractivity contribution >= 4 is 0 Å². The Morgan fingerprint density at radius 2 is 1.74 bits per heavy atom. The van der Waals surface area contributed by atoms with Gasteiger partial charge in [-0.05, 0) is 12.0 Å². The number of aryl methyl sites for hydroxylation is 2. The van der Waals surface area contributed by atoms with Crippen LogP contribution >= 0.6 is 0 Å². The molecule has 1 heterocycles. The van der Waals surface area contributed by atoms with Crippen LogP contribution in [-0.2, 0) is 19.5 Å². The van der Waals surface area contributed by atoms with Crippen molar-refractivity contribution in [2.24, 2.45) is 5.73 Å². The molecule has 0 aliphatic carbocycles. The molecule has 0 saturated carbocycles. The van der Waals surface area contributed by atoms with Gasteiger partial charge in [-0.25, -0.2) is 4.79 Å². The lowest BCUT2D eigenvalue weighted by Crippen LogP contribution is -2.40. The molecule has 0 amide bonds. The molecule has 100 valence electrons. The van der Waals surface area contributed by atoms with E-state index in [9.17, 15) is 9.59 Å². The number of nitrogens with zero attached hydrogens (tertiary/aromatic N) is 2. The van der Waals surface area contributed by atoms with Crippen LogP contribution in [0.25, 0.3) is 0 Å². The standard InChI is InChI=1S/C14H17N3O2/c15-8-11-17-13(18)7-10-16(14(17)19)9-6-12-4-2-1-3-5-12/h1-5,7,10H,6,8-9,11,15H2. The fraction of sp³-hybridized carbons (Fsp3) is 0.286. The van der Waals surface area contributed by atoms with Gasteiger partial charge < -0.3 is 10.3 Å². The second-order valence-corrected chi connectivity index (χ2v) is 4.31. The second-order valence-electron chi connectivity index (χ2n) is 4.31. The van der Waals surface area contributed by atoms with Crippen LogP contribution < -0.4 is 17.0 Å². The van der Waals surface area contributed by atoms with Crippen LogP contribution in [0, 0.1) is 0 Å². The van der Waals surface area contributed by atoms with Gasteiger partial charge in [-0.3, -0.25) is 9.36 Å². The predicted molar refractivity (Wildman–Crippen MR) is 74.2 cm³/mol. The Bertz CT molecular complexity index is 644. The number of aromatic nitrogens is 2. The summed E-state index contributed by atoms with van der Waals surface area (Å²) in [5, 5.41) is 0. The van der Waals surface area contributed by atoms with Crippen molar-refractivity contribution in [3.63, 3.8) is 0 Å². The van der Waals surface area contributed by atoms with Gasteiger partial charge >= 0.3 is 5.69 Å². The van der Waals surface area contributed by atoms with E-state index in [-0.39, 0.29) is 24.3 Å². The molecule has 2 aromatic rings. The minimum atomic E-state index is -0.300. The molecule has 0 spiro atoms. The van der Waals surface area contributed by atoms with Crippen LogP contribution in [0.5, 0.6) is 0 Å². The predicted octanol–water partition coefficient (Wildman–Crippen LogP) is 0.211. The summed E-state index contributed by atoms with van der Waals surface area (Å²) in [5.74, 6) is 0. The normalized spacial score (nSPS) is 10.6. The van der Waals surface area contributed by atoms with Gasteiger partial charge in [0.15, 0.2) is 0 Å². The van der Waals surface area contributed by atoms with Crippen LogP contribution in [0.2, 0.25) is 0 Å². The zero-order chi connectivity index (χ0) is 13.7. The average molecular weight is 259 g/mol. The molecule has 1 aromatic heterocycles. The van der Waals surface area contributed by atoms with Gasteiger partial charge in [0.25, 0.3) is 5.56 Å². The Morgan fingerprint density at radius 1 is 1.00 bits per heavy atom. The summed E-state index contributed by atoms with van der Waals surface area (Å²) in [4.78, 5) is 23.6. The first-order chi connectivity index (χ1) is 9.22. The third-order valence-corrected chi connectivity index (χ3v) is 2.98. The Balaban J connectivity index is 2.20. The fourth-order valence-electron chi connectivity index (χ4n) is 1.96. The Morgan fingerprint density at radius 3 is 2.42 bits per heavy atom. The summed E-state index contributed by atoms with van der Waals surface area (Å²) in [7, 11) is 0. The van der Waals surface area contributed by atoms with E-state index in [0.29, 0.717) is 6.54 Å². The number of hydrogen-bond donors (Lipinski definition) is 1. The van der Waals surface area contributed by atoms with Crippen molar-refractivity contribution in [2.75, 3.05) is 6.54 Å². The third kappa shape index (κ3) is 3.20. The van der Waals surface area contributed by atoms with E-state index in [0.717, 1.165) is 12.0 Å². The molecule has 0 fully saturated rings. The summed E-state index contributed by atoms with van der Waals surface area (Å²) >= 11 is 0. The summed E-state index contributed by atoms with van der Waals surface area (Å²) < 4.78 is 2.72. The summed E-state index contributed by atoms with van der Waals surface area (Å²) in [5.41, 5.74) is 5.97. The molecular weight excluding hydrogens is 242 g/mol. The first-order valence-corrected chi connectivity index (χ1v) is 6.26. The van der Waals surface area contributed by atoms with Gasteiger partial charge in [-0.1, -0.05) is 30.3 Å². The highest BCUT2D eigenvalue weighted by molar-refractivity contribution is 5.14. The van der Waals surface area contributed by atoms with Gasteiger partial charge in [0.1, 0.15) is 0 Å². The quantitative estimate of drug-likeness (QED) is 0.834. The SMILES string of the molecule is NCCn1c(=O)ccn(CCc2ccccc2)c1=O. The largest absolute Gasteiger partial charge is 0.331 e. The number of rotatable bonds is 5. The monoisotopic (exact) mass is 259 g/mol. The Hall–Kier alpha value is -2.14. The maximum absolute atomic E-state index is 12.1. The fourth-order valence-corrected chi connectivity index (χ4v) is 1.96. The van der Waals surface area contributed by atoms with Crippen molar-refractivity contribution in [1.82, 2.24) is 9.13 Å². The highest BCUT2D eigenvalue weighted by Crippen LogP contribution is 2.00. The summed E-state index contributed by atoms with van der Waals surface area (Å²) in [6.07, 6.45) is 2.29. The number of nitrogens with two attached hydrogens (primary N) is 1. The molecule has 5 heteroatoms. The van der Waals surface area contributed by atoms with Crippen molar-refractivity contribution in [3.05, 3.63) is 69.0 Å². The molecule has 0 aliphatic rings. The van der Waals surface area contributed by atoms with E-state index >= 15 is 0 Å². The van der Waals surface area contributed by atoms with Gasteiger partial charge in [-0.15, -0.1) is 0 Å². The number of hydrogen-bond acceptors (Lipinski definition) is 3. The maximum atomic E-state index is 12.1. The first-order valence-electron chi connectivity index (χ1n) is 6.26. The smallest absolute Gasteiger partial charge is 0.329 e. The summed E-state index contributed by atoms with van der Waals surface area (Å²) in [6.45, 7) is 1.08. The minimum absolute atomic E-state index is 0.254. The third-order valence-electron chi connectivity index (χ3n) is 2.98. The average Bonchev–Trinajstić information content (AvgIpc) is 2.44. The molecule has 1 aromatic carbocycles. The molecule has 2 rings (SSSR count). The van der Waals surface area contributed by atoms with E-state index in [1.807, 2.05) is 30.3 Å². The van der Waals surface area contributed by atoms with Gasteiger partial charge in [0.05, 0.1) is 0 Å². The molecule has 0 aliphatic heterocycles. The Labute approximate surface area is 110 Å². The Kier molecular flexibility index (Phi) is 4.30. The van der Waals surface area contributed by atoms with E-state index in [2.05, 4.69) is 0 Å². The van der Waals surface area contributed by atoms with Crippen molar-refractivity contribution in [3.8, 4) is 0 Å². The highest BCUT2D eigenvalue weighted by atomic mass is 16.2. The summed E-state index contributed by atoms with van der Waals surface area (Å²) in [6, 6.07) is 11.3. The molecular formula is C14H17N3O2. The lowest BCUT2D eigenvalue weighted by molar-refractivity contribution is 0.555. The number of benzene rings is 1. The van der Waals surface area contributed by atoms with Gasteiger partial charge in [-0.2, -0.15) is 0 Å². The van der Waals surface area contributed by atoms with Crippen molar-refractivity contribution in [2.45, 2.75) is 19.5 Å². The van der Waals surface area contributed by atoms with Crippen LogP contribution in [0.1, 0.15) is 5.56 Å². The van der Waals surface area contributed by atoms with Crippen molar-refractivity contribution in [1.29, 1.82) is 0 Å². The molecule has 0 unspecified atom stereocenters. The van der Waals surface area contributed by atoms with Gasteiger partial charge in [0, 0.05) is 31.9 Å². The molecule has 0 bridgehead atoms. The lowest BCUT2D eigenvalue weighted by Gasteiger charge is -2.09. The van der Waals surface area contributed by atoms with Gasteiger partial charge in [0.2, 0.25) is 0 Å². The molecule has 0 radical (unpaired) electrons. The van der Waals surface area contributed by atoms with E-state index < -0.39 is 0 Å². The minimum Gasteiger partial charge on any atom is -0.329 e. The topological polar surface area (TPSA) is 70.0 Å². The van der Waals surface area contributed by atoms with Crippen LogP contribution in [0.4, 0.5) is 0 Å². The zero-order valence-electron chi connectivity index (χ0n) is 10.7. The second kappa shape index (κ2) is 6.15. The van der Waals surface area contributed by atoms with E-state index in [1.54, 1.807) is 10.8 Å². The maximum Gasteiger partial charge on any atom is 0.331 e. The molecule has 19 heavy (non-hydrogen) atoms. The lowest BCUT2D eigenvalue weighted by atomic mass is 10.1. The molecule has 0 saturated heterocycles. The van der Waals surface area contributed by atoms with Crippen LogP contribution in [0.15, 0.2) is 52.2 Å². The molecule has 2 N–H and O–H groups in total. The van der Waals surface area contributed by atoms with Crippen molar-refractivity contribution < 1.29 is 0 Å².